The van der Waals surface area contributed by atoms with Crippen LogP contribution in [0.15, 0.2) is 72.8 Å². The van der Waals surface area contributed by atoms with Gasteiger partial charge in [-0.05, 0) is 47.5 Å². The van der Waals surface area contributed by atoms with Crippen molar-refractivity contribution in [1.82, 2.24) is 4.90 Å². The van der Waals surface area contributed by atoms with Gasteiger partial charge in [0.1, 0.15) is 5.82 Å². The summed E-state index contributed by atoms with van der Waals surface area (Å²) in [6.45, 7) is -0.214. The Hall–Kier alpha value is -3.82. The van der Waals surface area contributed by atoms with Gasteiger partial charge in [-0.1, -0.05) is 36.4 Å². The molecule has 2 unspecified atom stereocenters. The van der Waals surface area contributed by atoms with Gasteiger partial charge in [-0.15, -0.1) is 0 Å². The van der Waals surface area contributed by atoms with Gasteiger partial charge >= 0.3 is 0 Å². The number of carbonyl (C=O) groups is 2. The van der Waals surface area contributed by atoms with Crippen molar-refractivity contribution in [2.75, 3.05) is 6.54 Å². The minimum Gasteiger partial charge on any atom is -0.390 e. The van der Waals surface area contributed by atoms with E-state index < -0.39 is 29.7 Å². The van der Waals surface area contributed by atoms with Crippen LogP contribution in [0.2, 0.25) is 0 Å². The third kappa shape index (κ3) is 3.47. The summed E-state index contributed by atoms with van der Waals surface area (Å²) < 4.78 is 13.4. The fraction of sp³-hybridized carbons (Fsp3) is 0.125. The third-order valence-corrected chi connectivity index (χ3v) is 5.26. The van der Waals surface area contributed by atoms with Crippen LogP contribution in [-0.2, 0) is 0 Å². The number of aliphatic hydroxyl groups excluding tert-OH is 1. The van der Waals surface area contributed by atoms with Crippen molar-refractivity contribution in [1.29, 1.82) is 5.26 Å². The minimum atomic E-state index is -1.13. The first-order valence-electron chi connectivity index (χ1n) is 9.38. The number of fused-ring (bicyclic) bond motifs is 1. The van der Waals surface area contributed by atoms with Gasteiger partial charge in [0.15, 0.2) is 0 Å². The van der Waals surface area contributed by atoms with E-state index in [1.54, 1.807) is 60.7 Å². The van der Waals surface area contributed by atoms with Crippen molar-refractivity contribution >= 4 is 11.8 Å². The number of β-amino-alcohol motifs (C(OH)–C–C–N with tert-alkyl or cyclic N) is 1. The molecule has 0 spiro atoms. The van der Waals surface area contributed by atoms with E-state index in [2.05, 4.69) is 0 Å². The van der Waals surface area contributed by atoms with Crippen LogP contribution in [0, 0.1) is 17.1 Å². The molecule has 0 bridgehead atoms. The van der Waals surface area contributed by atoms with E-state index in [9.17, 15) is 19.1 Å². The summed E-state index contributed by atoms with van der Waals surface area (Å²) >= 11 is 0. The maximum Gasteiger partial charge on any atom is 0.261 e. The van der Waals surface area contributed by atoms with Crippen molar-refractivity contribution in [2.24, 2.45) is 0 Å². The summed E-state index contributed by atoms with van der Waals surface area (Å²) in [5, 5.41) is 20.1. The molecule has 5 nitrogen and oxygen atoms in total. The molecule has 1 aliphatic heterocycles. The Morgan fingerprint density at radius 1 is 0.867 bits per heavy atom. The molecule has 1 aliphatic rings. The quantitative estimate of drug-likeness (QED) is 0.665. The van der Waals surface area contributed by atoms with Crippen molar-refractivity contribution in [2.45, 2.75) is 12.0 Å². The molecule has 2 atom stereocenters. The number of carbonyl (C=O) groups excluding carboxylic acids is 2. The molecule has 1 heterocycles. The second-order valence-electron chi connectivity index (χ2n) is 7.10. The third-order valence-electron chi connectivity index (χ3n) is 5.26. The van der Waals surface area contributed by atoms with Gasteiger partial charge in [0.2, 0.25) is 0 Å². The highest BCUT2D eigenvalue weighted by Gasteiger charge is 2.38. The minimum absolute atomic E-state index is 0.214. The number of nitriles is 1. The highest BCUT2D eigenvalue weighted by molar-refractivity contribution is 6.21. The lowest BCUT2D eigenvalue weighted by molar-refractivity contribution is 0.0523. The number of rotatable bonds is 5. The largest absolute Gasteiger partial charge is 0.390 e. The Bertz CT molecular complexity index is 1120. The molecule has 148 valence electrons. The number of amides is 2. The zero-order valence-electron chi connectivity index (χ0n) is 15.8. The van der Waals surface area contributed by atoms with Crippen molar-refractivity contribution in [3.05, 3.63) is 106 Å². The molecule has 0 aliphatic carbocycles. The lowest BCUT2D eigenvalue weighted by Crippen LogP contribution is -2.39. The predicted molar refractivity (Wildman–Crippen MR) is 107 cm³/mol. The second kappa shape index (κ2) is 7.90. The number of benzene rings is 3. The van der Waals surface area contributed by atoms with E-state index in [-0.39, 0.29) is 6.54 Å². The molecule has 3 aromatic rings. The Kier molecular flexibility index (Phi) is 5.13. The standard InChI is InChI=1S/C24H17FN2O3/c25-18-11-9-17(10-12-18)22(16-7-5-15(13-26)6-8-16)21(28)14-27-23(29)19-3-1-2-4-20(19)24(27)30/h1-12,21-22,28H,14H2. The number of hydrogen-bond donors (Lipinski definition) is 1. The number of halogens is 1. The van der Waals surface area contributed by atoms with Crippen LogP contribution in [0.25, 0.3) is 0 Å². The van der Waals surface area contributed by atoms with Crippen molar-refractivity contribution < 1.29 is 19.1 Å². The Morgan fingerprint density at radius 2 is 1.37 bits per heavy atom. The van der Waals surface area contributed by atoms with Gasteiger partial charge in [-0.3, -0.25) is 14.5 Å². The van der Waals surface area contributed by atoms with Crippen LogP contribution in [0.5, 0.6) is 0 Å². The molecule has 6 heteroatoms. The van der Waals surface area contributed by atoms with Crippen LogP contribution in [0.3, 0.4) is 0 Å². The Labute approximate surface area is 172 Å². The lowest BCUT2D eigenvalue weighted by atomic mass is 9.86. The summed E-state index contributed by atoms with van der Waals surface area (Å²) in [6, 6.07) is 20.9. The highest BCUT2D eigenvalue weighted by atomic mass is 19.1. The van der Waals surface area contributed by atoms with Crippen LogP contribution < -0.4 is 0 Å². The van der Waals surface area contributed by atoms with E-state index in [0.29, 0.717) is 27.8 Å². The summed E-state index contributed by atoms with van der Waals surface area (Å²) in [7, 11) is 0. The molecule has 0 saturated heterocycles. The first kappa shape index (κ1) is 19.5. The van der Waals surface area contributed by atoms with Gasteiger partial charge in [-0.2, -0.15) is 5.26 Å². The first-order valence-corrected chi connectivity index (χ1v) is 9.38. The molecule has 3 aromatic carbocycles. The molecule has 0 fully saturated rings. The predicted octanol–water partition coefficient (Wildman–Crippen LogP) is 3.49. The molecule has 2 amide bonds. The van der Waals surface area contributed by atoms with Crippen molar-refractivity contribution in [3.8, 4) is 6.07 Å². The summed E-state index contributed by atoms with van der Waals surface area (Å²) in [5.41, 5.74) is 2.40. The maximum atomic E-state index is 13.4. The van der Waals surface area contributed by atoms with E-state index in [0.717, 1.165) is 4.90 Å². The molecule has 4 rings (SSSR count). The summed E-state index contributed by atoms with van der Waals surface area (Å²) in [6.07, 6.45) is -1.13. The highest BCUT2D eigenvalue weighted by Crippen LogP contribution is 2.31. The normalized spacial score (nSPS) is 14.9. The molecule has 30 heavy (non-hydrogen) atoms. The van der Waals surface area contributed by atoms with E-state index in [1.165, 1.54) is 12.1 Å². The lowest BCUT2D eigenvalue weighted by Gasteiger charge is -2.27. The van der Waals surface area contributed by atoms with Gasteiger partial charge in [0.25, 0.3) is 11.8 Å². The van der Waals surface area contributed by atoms with Crippen LogP contribution >= 0.6 is 0 Å². The van der Waals surface area contributed by atoms with Crippen molar-refractivity contribution in [3.63, 3.8) is 0 Å². The molecule has 0 aromatic heterocycles. The Morgan fingerprint density at radius 3 is 1.87 bits per heavy atom. The number of imide groups is 1. The smallest absolute Gasteiger partial charge is 0.261 e. The van der Waals surface area contributed by atoms with Crippen LogP contribution in [0.4, 0.5) is 4.39 Å². The van der Waals surface area contributed by atoms with E-state index >= 15 is 0 Å². The van der Waals surface area contributed by atoms with Gasteiger partial charge in [-0.25, -0.2) is 4.39 Å². The van der Waals surface area contributed by atoms with E-state index in [4.69, 9.17) is 5.26 Å². The fourth-order valence-electron chi connectivity index (χ4n) is 3.77. The van der Waals surface area contributed by atoms with Gasteiger partial charge in [0.05, 0.1) is 35.4 Å². The summed E-state index contributed by atoms with van der Waals surface area (Å²) in [5.74, 6) is -1.94. The first-order chi connectivity index (χ1) is 14.5. The summed E-state index contributed by atoms with van der Waals surface area (Å²) in [4.78, 5) is 26.4. The zero-order chi connectivity index (χ0) is 21.3. The van der Waals surface area contributed by atoms with Crippen LogP contribution in [0.1, 0.15) is 43.3 Å². The average molecular weight is 400 g/mol. The monoisotopic (exact) mass is 400 g/mol. The average Bonchev–Trinajstić information content (AvgIpc) is 3.01. The number of hydrogen-bond acceptors (Lipinski definition) is 4. The topological polar surface area (TPSA) is 81.4 Å². The van der Waals surface area contributed by atoms with Gasteiger partial charge < -0.3 is 5.11 Å². The van der Waals surface area contributed by atoms with Gasteiger partial charge in [0, 0.05) is 5.92 Å². The maximum absolute atomic E-state index is 13.4. The Balaban J connectivity index is 1.67. The second-order valence-corrected chi connectivity index (χ2v) is 7.10. The molecular weight excluding hydrogens is 383 g/mol. The SMILES string of the molecule is N#Cc1ccc(C(c2ccc(F)cc2)C(O)CN2C(=O)c3ccccc3C2=O)cc1. The van der Waals surface area contributed by atoms with Crippen LogP contribution in [-0.4, -0.2) is 34.5 Å². The molecular formula is C24H17FN2O3. The number of nitrogens with zero attached hydrogens (tertiary/aromatic N) is 2. The zero-order valence-corrected chi connectivity index (χ0v) is 15.8. The van der Waals surface area contributed by atoms with E-state index in [1.807, 2.05) is 6.07 Å². The number of aliphatic hydroxyl groups is 1. The molecule has 1 N–H and O–H groups in total. The molecule has 0 saturated carbocycles. The fourth-order valence-corrected chi connectivity index (χ4v) is 3.77. The molecule has 0 radical (unpaired) electrons.